The lowest BCUT2D eigenvalue weighted by molar-refractivity contribution is 0.0940. The number of carbonyl (C=O) groups excluding carboxylic acids is 1. The average molecular weight is 358 g/mol. The smallest absolute Gasteiger partial charge is 0.251 e. The Morgan fingerprint density at radius 3 is 2.64 bits per heavy atom. The molecule has 1 atom stereocenters. The van der Waals surface area contributed by atoms with E-state index in [1.54, 1.807) is 18.2 Å². The first-order valence-corrected chi connectivity index (χ1v) is 9.31. The van der Waals surface area contributed by atoms with E-state index in [-0.39, 0.29) is 11.9 Å². The molecule has 2 aromatic rings. The number of hydrogen-bond donors (Lipinski definition) is 1. The van der Waals surface area contributed by atoms with Crippen molar-refractivity contribution >= 4 is 17.5 Å². The SMILES string of the molecule is CCOc1ccc(C(=O)N[C@H](C)c2ccc3c(c2)CCCC3)cc1Cl. The van der Waals surface area contributed by atoms with E-state index >= 15 is 0 Å². The largest absolute Gasteiger partial charge is 0.492 e. The summed E-state index contributed by atoms with van der Waals surface area (Å²) in [7, 11) is 0. The topological polar surface area (TPSA) is 38.3 Å². The minimum Gasteiger partial charge on any atom is -0.492 e. The summed E-state index contributed by atoms with van der Waals surface area (Å²) in [5.41, 5.74) is 4.56. The maximum atomic E-state index is 12.5. The summed E-state index contributed by atoms with van der Waals surface area (Å²) in [6, 6.07) is 11.7. The van der Waals surface area contributed by atoms with Crippen molar-refractivity contribution in [3.05, 3.63) is 63.7 Å². The lowest BCUT2D eigenvalue weighted by Crippen LogP contribution is -2.26. The summed E-state index contributed by atoms with van der Waals surface area (Å²) < 4.78 is 5.41. The highest BCUT2D eigenvalue weighted by atomic mass is 35.5. The molecular formula is C21H24ClNO2. The van der Waals surface area contributed by atoms with Gasteiger partial charge >= 0.3 is 0 Å². The Hall–Kier alpha value is -2.00. The van der Waals surface area contributed by atoms with Gasteiger partial charge in [-0.05, 0) is 74.4 Å². The van der Waals surface area contributed by atoms with Crippen LogP contribution >= 0.6 is 11.6 Å². The number of halogens is 1. The normalized spacial score (nSPS) is 14.5. The van der Waals surface area contributed by atoms with Crippen molar-refractivity contribution in [1.29, 1.82) is 0 Å². The summed E-state index contributed by atoms with van der Waals surface area (Å²) in [6.07, 6.45) is 4.83. The van der Waals surface area contributed by atoms with Crippen LogP contribution in [0.15, 0.2) is 36.4 Å². The lowest BCUT2D eigenvalue weighted by Gasteiger charge is -2.20. The predicted octanol–water partition coefficient (Wildman–Crippen LogP) is 5.11. The molecule has 0 saturated carbocycles. The van der Waals surface area contributed by atoms with Crippen LogP contribution in [0.2, 0.25) is 5.02 Å². The first-order valence-electron chi connectivity index (χ1n) is 8.93. The van der Waals surface area contributed by atoms with E-state index in [1.165, 1.54) is 30.4 Å². The monoisotopic (exact) mass is 357 g/mol. The van der Waals surface area contributed by atoms with Crippen molar-refractivity contribution < 1.29 is 9.53 Å². The van der Waals surface area contributed by atoms with Crippen LogP contribution < -0.4 is 10.1 Å². The van der Waals surface area contributed by atoms with Crippen molar-refractivity contribution in [2.45, 2.75) is 45.6 Å². The second-order valence-electron chi connectivity index (χ2n) is 6.51. The fourth-order valence-electron chi connectivity index (χ4n) is 3.30. The zero-order valence-electron chi connectivity index (χ0n) is 14.8. The molecule has 0 aromatic heterocycles. The third-order valence-electron chi connectivity index (χ3n) is 4.71. The van der Waals surface area contributed by atoms with Gasteiger partial charge in [0.1, 0.15) is 5.75 Å². The fourth-order valence-corrected chi connectivity index (χ4v) is 3.54. The highest BCUT2D eigenvalue weighted by Crippen LogP contribution is 2.27. The van der Waals surface area contributed by atoms with Crippen molar-refractivity contribution in [3.8, 4) is 5.75 Å². The highest BCUT2D eigenvalue weighted by Gasteiger charge is 2.16. The number of amides is 1. The summed E-state index contributed by atoms with van der Waals surface area (Å²) in [4.78, 5) is 12.5. The summed E-state index contributed by atoms with van der Waals surface area (Å²) in [5, 5.41) is 3.51. The van der Waals surface area contributed by atoms with Gasteiger partial charge in [-0.15, -0.1) is 0 Å². The van der Waals surface area contributed by atoms with Gasteiger partial charge in [-0.2, -0.15) is 0 Å². The molecule has 1 N–H and O–H groups in total. The molecule has 0 unspecified atom stereocenters. The third-order valence-corrected chi connectivity index (χ3v) is 5.01. The maximum Gasteiger partial charge on any atom is 0.251 e. The Morgan fingerprint density at radius 2 is 1.92 bits per heavy atom. The molecule has 1 aliphatic rings. The van der Waals surface area contributed by atoms with Crippen LogP contribution in [-0.4, -0.2) is 12.5 Å². The first-order chi connectivity index (χ1) is 12.1. The number of benzene rings is 2. The van der Waals surface area contributed by atoms with Crippen molar-refractivity contribution in [2.75, 3.05) is 6.61 Å². The van der Waals surface area contributed by atoms with Crippen LogP contribution in [0.25, 0.3) is 0 Å². The molecule has 132 valence electrons. The van der Waals surface area contributed by atoms with Crippen LogP contribution in [0.1, 0.15) is 59.8 Å². The number of carbonyl (C=O) groups is 1. The van der Waals surface area contributed by atoms with Gasteiger partial charge in [0.15, 0.2) is 0 Å². The minimum atomic E-state index is -0.129. The van der Waals surface area contributed by atoms with Crippen molar-refractivity contribution in [3.63, 3.8) is 0 Å². The standard InChI is InChI=1S/C21H24ClNO2/c1-3-25-20-11-10-18(13-19(20)22)21(24)23-14(2)16-9-8-15-6-4-5-7-17(15)12-16/h8-14H,3-7H2,1-2H3,(H,23,24)/t14-/m1/s1. The zero-order valence-corrected chi connectivity index (χ0v) is 15.5. The molecule has 3 rings (SSSR count). The molecule has 0 bridgehead atoms. The van der Waals surface area contributed by atoms with Gasteiger partial charge in [-0.1, -0.05) is 29.8 Å². The number of hydrogen-bond acceptors (Lipinski definition) is 2. The summed E-state index contributed by atoms with van der Waals surface area (Å²) in [6.45, 7) is 4.45. The number of fused-ring (bicyclic) bond motifs is 1. The third kappa shape index (κ3) is 4.16. The molecule has 25 heavy (non-hydrogen) atoms. The molecule has 3 nitrogen and oxygen atoms in total. The van der Waals surface area contributed by atoms with Gasteiger partial charge in [0.2, 0.25) is 0 Å². The van der Waals surface area contributed by atoms with Crippen LogP contribution in [-0.2, 0) is 12.8 Å². The molecule has 2 aromatic carbocycles. The van der Waals surface area contributed by atoms with Crippen LogP contribution in [0.5, 0.6) is 5.75 Å². The molecule has 0 aliphatic heterocycles. The summed E-state index contributed by atoms with van der Waals surface area (Å²) >= 11 is 6.18. The quantitative estimate of drug-likeness (QED) is 0.807. The fraction of sp³-hybridized carbons (Fsp3) is 0.381. The lowest BCUT2D eigenvalue weighted by atomic mass is 9.89. The second-order valence-corrected chi connectivity index (χ2v) is 6.92. The van der Waals surface area contributed by atoms with E-state index in [1.807, 2.05) is 13.8 Å². The molecular weight excluding hydrogens is 334 g/mol. The van der Waals surface area contributed by atoms with Gasteiger partial charge in [0.05, 0.1) is 17.7 Å². The molecule has 0 heterocycles. The molecule has 0 spiro atoms. The Kier molecular flexibility index (Phi) is 5.64. The molecule has 1 aliphatic carbocycles. The van der Waals surface area contributed by atoms with E-state index in [4.69, 9.17) is 16.3 Å². The van der Waals surface area contributed by atoms with Gasteiger partial charge in [0, 0.05) is 5.56 Å². The minimum absolute atomic E-state index is 0.0509. The van der Waals surface area contributed by atoms with E-state index in [0.717, 1.165) is 12.0 Å². The van der Waals surface area contributed by atoms with E-state index in [2.05, 4.69) is 23.5 Å². The van der Waals surface area contributed by atoms with Crippen molar-refractivity contribution in [1.82, 2.24) is 5.32 Å². The van der Waals surface area contributed by atoms with Gasteiger partial charge < -0.3 is 10.1 Å². The molecule has 0 fully saturated rings. The molecule has 0 radical (unpaired) electrons. The Labute approximate surface area is 154 Å². The highest BCUT2D eigenvalue weighted by molar-refractivity contribution is 6.32. The average Bonchev–Trinajstić information content (AvgIpc) is 2.63. The van der Waals surface area contributed by atoms with Crippen molar-refractivity contribution in [2.24, 2.45) is 0 Å². The number of aryl methyl sites for hydroxylation is 2. The molecule has 1 amide bonds. The van der Waals surface area contributed by atoms with E-state index in [9.17, 15) is 4.79 Å². The van der Waals surface area contributed by atoms with Crippen LogP contribution in [0, 0.1) is 0 Å². The number of ether oxygens (including phenoxy) is 1. The maximum absolute atomic E-state index is 12.5. The van der Waals surface area contributed by atoms with E-state index in [0.29, 0.717) is 22.9 Å². The van der Waals surface area contributed by atoms with E-state index < -0.39 is 0 Å². The van der Waals surface area contributed by atoms with Gasteiger partial charge in [-0.25, -0.2) is 0 Å². The van der Waals surface area contributed by atoms with Gasteiger partial charge in [0.25, 0.3) is 5.91 Å². The second kappa shape index (κ2) is 7.92. The Morgan fingerprint density at radius 1 is 1.16 bits per heavy atom. The number of rotatable bonds is 5. The first kappa shape index (κ1) is 17.8. The predicted molar refractivity (Wildman–Crippen MR) is 102 cm³/mol. The Bertz CT molecular complexity index is 772. The zero-order chi connectivity index (χ0) is 17.8. The van der Waals surface area contributed by atoms with Gasteiger partial charge in [-0.3, -0.25) is 4.79 Å². The van der Waals surface area contributed by atoms with Crippen LogP contribution in [0.3, 0.4) is 0 Å². The van der Waals surface area contributed by atoms with Crippen LogP contribution in [0.4, 0.5) is 0 Å². The Balaban J connectivity index is 1.71. The summed E-state index contributed by atoms with van der Waals surface area (Å²) in [5.74, 6) is 0.471. The molecule has 0 saturated heterocycles. The molecule has 4 heteroatoms. The number of nitrogens with one attached hydrogen (secondary N) is 1.